The van der Waals surface area contributed by atoms with E-state index in [1.54, 1.807) is 0 Å². The molecule has 6 heteroatoms. The maximum absolute atomic E-state index is 11.4. The van der Waals surface area contributed by atoms with E-state index in [2.05, 4.69) is 10.6 Å². The minimum absolute atomic E-state index is 0.253. The summed E-state index contributed by atoms with van der Waals surface area (Å²) >= 11 is 0. The largest absolute Gasteiger partial charge is 0.379 e. The van der Waals surface area contributed by atoms with Gasteiger partial charge in [-0.15, -0.1) is 0 Å². The molecule has 0 aromatic rings. The van der Waals surface area contributed by atoms with E-state index in [9.17, 15) is 9.59 Å². The molecule has 1 fully saturated rings. The molecule has 1 rings (SSSR count). The molecule has 3 amide bonds. The Morgan fingerprint density at radius 1 is 1.31 bits per heavy atom. The smallest absolute Gasteiger partial charge is 0.321 e. The fourth-order valence-corrected chi connectivity index (χ4v) is 1.41. The number of ether oxygens (including phenoxy) is 1. The van der Waals surface area contributed by atoms with Crippen LogP contribution in [0.1, 0.15) is 13.3 Å². The van der Waals surface area contributed by atoms with Crippen LogP contribution in [0.4, 0.5) is 4.79 Å². The molecule has 1 aliphatic rings. The number of nitrogens with one attached hydrogen (secondary N) is 2. The fraction of sp³-hybridized carbons (Fsp3) is 0.800. The zero-order valence-electron chi connectivity index (χ0n) is 9.62. The van der Waals surface area contributed by atoms with Crippen LogP contribution in [-0.4, -0.2) is 56.2 Å². The van der Waals surface area contributed by atoms with Crippen molar-refractivity contribution < 1.29 is 14.3 Å². The van der Waals surface area contributed by atoms with E-state index in [0.717, 1.165) is 19.5 Å². The lowest BCUT2D eigenvalue weighted by molar-refractivity contribution is -0.122. The van der Waals surface area contributed by atoms with E-state index in [0.29, 0.717) is 19.8 Å². The highest BCUT2D eigenvalue weighted by molar-refractivity contribution is 5.95. The molecular weight excluding hydrogens is 210 g/mol. The zero-order chi connectivity index (χ0) is 11.8. The van der Waals surface area contributed by atoms with Gasteiger partial charge >= 0.3 is 6.03 Å². The second kappa shape index (κ2) is 7.19. The molecule has 0 saturated carbocycles. The molecule has 1 aliphatic heterocycles. The molecule has 0 aromatic carbocycles. The Labute approximate surface area is 95.3 Å². The molecule has 16 heavy (non-hydrogen) atoms. The Morgan fingerprint density at radius 3 is 2.62 bits per heavy atom. The SMILES string of the molecule is CCCNC(=O)NC(=O)CN1CCOCC1. The van der Waals surface area contributed by atoms with Gasteiger partial charge in [-0.05, 0) is 6.42 Å². The van der Waals surface area contributed by atoms with Gasteiger partial charge in [-0.25, -0.2) is 4.79 Å². The Kier molecular flexibility index (Phi) is 5.81. The van der Waals surface area contributed by atoms with Crippen LogP contribution < -0.4 is 10.6 Å². The van der Waals surface area contributed by atoms with Crippen molar-refractivity contribution in [2.75, 3.05) is 39.4 Å². The standard InChI is InChI=1S/C10H19N3O3/c1-2-3-11-10(15)12-9(14)8-13-4-6-16-7-5-13/h2-8H2,1H3,(H2,11,12,14,15). The van der Waals surface area contributed by atoms with Crippen molar-refractivity contribution in [1.29, 1.82) is 0 Å². The topological polar surface area (TPSA) is 70.7 Å². The van der Waals surface area contributed by atoms with Crippen LogP contribution >= 0.6 is 0 Å². The Balaban J connectivity index is 2.16. The quantitative estimate of drug-likeness (QED) is 0.685. The first-order valence-electron chi connectivity index (χ1n) is 5.60. The monoisotopic (exact) mass is 229 g/mol. The third-order valence-electron chi connectivity index (χ3n) is 2.26. The highest BCUT2D eigenvalue weighted by atomic mass is 16.5. The average molecular weight is 229 g/mol. The average Bonchev–Trinajstić information content (AvgIpc) is 2.27. The van der Waals surface area contributed by atoms with E-state index in [1.165, 1.54) is 0 Å². The number of hydrogen-bond donors (Lipinski definition) is 2. The van der Waals surface area contributed by atoms with Gasteiger partial charge < -0.3 is 10.1 Å². The summed E-state index contributed by atoms with van der Waals surface area (Å²) in [4.78, 5) is 24.6. The van der Waals surface area contributed by atoms with Crippen molar-refractivity contribution in [3.8, 4) is 0 Å². The normalized spacial score (nSPS) is 16.8. The molecule has 0 unspecified atom stereocenters. The van der Waals surface area contributed by atoms with Gasteiger partial charge in [0.2, 0.25) is 5.91 Å². The summed E-state index contributed by atoms with van der Waals surface area (Å²) in [5, 5.41) is 4.88. The summed E-state index contributed by atoms with van der Waals surface area (Å²) in [6.07, 6.45) is 0.852. The lowest BCUT2D eigenvalue weighted by atomic mass is 10.4. The van der Waals surface area contributed by atoms with Crippen LogP contribution in [0.15, 0.2) is 0 Å². The molecule has 0 aliphatic carbocycles. The van der Waals surface area contributed by atoms with E-state index in [4.69, 9.17) is 4.74 Å². The lowest BCUT2D eigenvalue weighted by Crippen LogP contribution is -2.47. The summed E-state index contributed by atoms with van der Waals surface area (Å²) < 4.78 is 5.16. The highest BCUT2D eigenvalue weighted by Gasteiger charge is 2.15. The highest BCUT2D eigenvalue weighted by Crippen LogP contribution is 1.95. The first kappa shape index (κ1) is 12.9. The second-order valence-electron chi connectivity index (χ2n) is 3.69. The van der Waals surface area contributed by atoms with Crippen LogP contribution in [0.2, 0.25) is 0 Å². The molecule has 2 N–H and O–H groups in total. The molecule has 1 heterocycles. The summed E-state index contributed by atoms with van der Waals surface area (Å²) in [6.45, 7) is 5.56. The van der Waals surface area contributed by atoms with Crippen molar-refractivity contribution in [1.82, 2.24) is 15.5 Å². The molecule has 0 aromatic heterocycles. The second-order valence-corrected chi connectivity index (χ2v) is 3.69. The third kappa shape index (κ3) is 5.09. The number of carbonyl (C=O) groups is 2. The number of amides is 3. The number of hydrogen-bond acceptors (Lipinski definition) is 4. The first-order valence-corrected chi connectivity index (χ1v) is 5.60. The molecule has 92 valence electrons. The van der Waals surface area contributed by atoms with Crippen LogP contribution in [0.5, 0.6) is 0 Å². The molecular formula is C10H19N3O3. The molecule has 0 radical (unpaired) electrons. The predicted octanol–water partition coefficient (Wildman–Crippen LogP) is -0.446. The third-order valence-corrected chi connectivity index (χ3v) is 2.26. The van der Waals surface area contributed by atoms with Crippen molar-refractivity contribution in [3.63, 3.8) is 0 Å². The van der Waals surface area contributed by atoms with Gasteiger partial charge in [-0.1, -0.05) is 6.92 Å². The number of rotatable bonds is 4. The van der Waals surface area contributed by atoms with E-state index < -0.39 is 6.03 Å². The summed E-state index contributed by atoms with van der Waals surface area (Å²) in [7, 11) is 0. The van der Waals surface area contributed by atoms with Crippen LogP contribution in [0, 0.1) is 0 Å². The number of morpholine rings is 1. The van der Waals surface area contributed by atoms with Gasteiger partial charge in [0.1, 0.15) is 0 Å². The first-order chi connectivity index (χ1) is 7.72. The maximum atomic E-state index is 11.4. The van der Waals surface area contributed by atoms with Gasteiger partial charge in [0.25, 0.3) is 0 Å². The van der Waals surface area contributed by atoms with Gasteiger partial charge in [0, 0.05) is 19.6 Å². The number of urea groups is 1. The maximum Gasteiger partial charge on any atom is 0.321 e. The molecule has 6 nitrogen and oxygen atoms in total. The van der Waals surface area contributed by atoms with Crippen molar-refractivity contribution in [2.45, 2.75) is 13.3 Å². The van der Waals surface area contributed by atoms with Crippen molar-refractivity contribution in [3.05, 3.63) is 0 Å². The number of imide groups is 1. The van der Waals surface area contributed by atoms with Crippen molar-refractivity contribution >= 4 is 11.9 Å². The Hall–Kier alpha value is -1.14. The Morgan fingerprint density at radius 2 is 2.00 bits per heavy atom. The van der Waals surface area contributed by atoms with Crippen LogP contribution in [0.3, 0.4) is 0 Å². The Bertz CT molecular complexity index is 239. The summed E-state index contributed by atoms with van der Waals surface area (Å²) in [6, 6.07) is -0.417. The molecule has 0 atom stereocenters. The minimum atomic E-state index is -0.417. The van der Waals surface area contributed by atoms with E-state index >= 15 is 0 Å². The van der Waals surface area contributed by atoms with Crippen molar-refractivity contribution in [2.24, 2.45) is 0 Å². The van der Waals surface area contributed by atoms with E-state index in [-0.39, 0.29) is 12.5 Å². The predicted molar refractivity (Wildman–Crippen MR) is 59.1 cm³/mol. The zero-order valence-corrected chi connectivity index (χ0v) is 9.62. The van der Waals surface area contributed by atoms with Gasteiger partial charge in [-0.3, -0.25) is 15.0 Å². The van der Waals surface area contributed by atoms with Crippen LogP contribution in [0.25, 0.3) is 0 Å². The lowest BCUT2D eigenvalue weighted by Gasteiger charge is -2.25. The number of carbonyl (C=O) groups excluding carboxylic acids is 2. The van der Waals surface area contributed by atoms with Gasteiger partial charge in [0.05, 0.1) is 19.8 Å². The summed E-state index contributed by atoms with van der Waals surface area (Å²) in [5.41, 5.74) is 0. The van der Waals surface area contributed by atoms with E-state index in [1.807, 2.05) is 11.8 Å². The van der Waals surface area contributed by atoms with Crippen LogP contribution in [-0.2, 0) is 9.53 Å². The van der Waals surface area contributed by atoms with Gasteiger partial charge in [0.15, 0.2) is 0 Å². The number of nitrogens with zero attached hydrogens (tertiary/aromatic N) is 1. The molecule has 1 saturated heterocycles. The molecule has 0 bridgehead atoms. The summed E-state index contributed by atoms with van der Waals surface area (Å²) in [5.74, 6) is -0.268. The fourth-order valence-electron chi connectivity index (χ4n) is 1.41. The molecule has 0 spiro atoms. The van der Waals surface area contributed by atoms with Gasteiger partial charge in [-0.2, -0.15) is 0 Å². The minimum Gasteiger partial charge on any atom is -0.379 e.